The van der Waals surface area contributed by atoms with Gasteiger partial charge in [-0.05, 0) is 73.6 Å². The summed E-state index contributed by atoms with van der Waals surface area (Å²) in [7, 11) is -1.79. The van der Waals surface area contributed by atoms with Gasteiger partial charge >= 0.3 is 0 Å². The van der Waals surface area contributed by atoms with Crippen LogP contribution in [-0.4, -0.2) is 45.4 Å². The smallest absolute Gasteiger partial charge is 0.243 e. The molecule has 0 spiro atoms. The van der Waals surface area contributed by atoms with Crippen LogP contribution in [0.25, 0.3) is 0 Å². The number of amides is 1. The largest absolute Gasteiger partial charge is 0.497 e. The molecule has 1 saturated heterocycles. The fourth-order valence-corrected chi connectivity index (χ4v) is 6.12. The number of ether oxygens (including phenoxy) is 1. The molecule has 2 aliphatic heterocycles. The van der Waals surface area contributed by atoms with Crippen LogP contribution in [0.3, 0.4) is 0 Å². The highest BCUT2D eigenvalue weighted by Crippen LogP contribution is 2.31. The van der Waals surface area contributed by atoms with Crippen LogP contribution in [0.5, 0.6) is 5.75 Å². The monoisotopic (exact) mass is 456 g/mol. The van der Waals surface area contributed by atoms with Gasteiger partial charge in [0.25, 0.3) is 0 Å². The van der Waals surface area contributed by atoms with Crippen molar-refractivity contribution >= 4 is 21.6 Å². The molecule has 0 radical (unpaired) electrons. The number of rotatable bonds is 6. The van der Waals surface area contributed by atoms with Gasteiger partial charge in [0.2, 0.25) is 15.9 Å². The van der Waals surface area contributed by atoms with E-state index in [1.54, 1.807) is 23.5 Å². The van der Waals surface area contributed by atoms with Crippen molar-refractivity contribution in [2.45, 2.75) is 56.3 Å². The maximum Gasteiger partial charge on any atom is 0.243 e. The fourth-order valence-electron chi connectivity index (χ4n) is 4.60. The van der Waals surface area contributed by atoms with Crippen molar-refractivity contribution in [2.75, 3.05) is 31.6 Å². The highest BCUT2D eigenvalue weighted by molar-refractivity contribution is 7.89. The zero-order valence-electron chi connectivity index (χ0n) is 18.8. The van der Waals surface area contributed by atoms with E-state index in [4.69, 9.17) is 4.74 Å². The van der Waals surface area contributed by atoms with Gasteiger partial charge in [-0.15, -0.1) is 0 Å². The maximum atomic E-state index is 12.9. The molecule has 0 unspecified atom stereocenters. The van der Waals surface area contributed by atoms with Crippen LogP contribution >= 0.6 is 0 Å². The van der Waals surface area contributed by atoms with Crippen molar-refractivity contribution in [3.63, 3.8) is 0 Å². The molecule has 2 aliphatic rings. The van der Waals surface area contributed by atoms with Crippen LogP contribution in [-0.2, 0) is 27.7 Å². The van der Waals surface area contributed by atoms with E-state index >= 15 is 0 Å². The van der Waals surface area contributed by atoms with E-state index in [0.717, 1.165) is 67.6 Å². The molecule has 0 N–H and O–H groups in total. The lowest BCUT2D eigenvalue weighted by Gasteiger charge is -2.30. The standard InChI is InChI=1S/C25H32N2O4S/c1-31-22-11-14-24-21(19-22)7-6-18-27(24)25(28)15-10-20-8-12-23(13-9-20)32(29,30)26-16-4-2-3-5-17-26/h8-9,11-14,19H,2-7,10,15-18H2,1H3. The molecule has 4 rings (SSSR count). The predicted octanol–water partition coefficient (Wildman–Crippen LogP) is 4.17. The fraction of sp³-hybridized carbons (Fsp3) is 0.480. The number of sulfonamides is 1. The van der Waals surface area contributed by atoms with E-state index in [1.165, 1.54) is 0 Å². The van der Waals surface area contributed by atoms with E-state index in [-0.39, 0.29) is 5.91 Å². The second-order valence-corrected chi connectivity index (χ2v) is 10.5. The summed E-state index contributed by atoms with van der Waals surface area (Å²) in [4.78, 5) is 15.2. The summed E-state index contributed by atoms with van der Waals surface area (Å²) >= 11 is 0. The van der Waals surface area contributed by atoms with Crippen molar-refractivity contribution < 1.29 is 17.9 Å². The van der Waals surface area contributed by atoms with Crippen molar-refractivity contribution in [3.05, 3.63) is 53.6 Å². The highest BCUT2D eigenvalue weighted by Gasteiger charge is 2.25. The number of hydrogen-bond donors (Lipinski definition) is 0. The van der Waals surface area contributed by atoms with Crippen LogP contribution in [0.4, 0.5) is 5.69 Å². The molecule has 1 fully saturated rings. The van der Waals surface area contributed by atoms with Gasteiger partial charge in [0, 0.05) is 31.7 Å². The van der Waals surface area contributed by atoms with Gasteiger partial charge in [-0.25, -0.2) is 8.42 Å². The number of carbonyl (C=O) groups is 1. The number of benzene rings is 2. The molecule has 172 valence electrons. The third kappa shape index (κ3) is 4.99. The molecular weight excluding hydrogens is 424 g/mol. The average molecular weight is 457 g/mol. The summed E-state index contributed by atoms with van der Waals surface area (Å²) in [5, 5.41) is 0. The molecule has 6 nitrogen and oxygen atoms in total. The van der Waals surface area contributed by atoms with Crippen molar-refractivity contribution in [1.82, 2.24) is 4.31 Å². The summed E-state index contributed by atoms with van der Waals surface area (Å²) in [5.74, 6) is 0.908. The minimum absolute atomic E-state index is 0.0948. The first-order chi connectivity index (χ1) is 15.5. The van der Waals surface area contributed by atoms with E-state index in [2.05, 4.69) is 0 Å². The average Bonchev–Trinajstić information content (AvgIpc) is 3.12. The maximum absolute atomic E-state index is 12.9. The predicted molar refractivity (Wildman–Crippen MR) is 126 cm³/mol. The summed E-state index contributed by atoms with van der Waals surface area (Å²) in [5.41, 5.74) is 3.09. The Labute approximate surface area is 191 Å². The summed E-state index contributed by atoms with van der Waals surface area (Å²) in [6.45, 7) is 1.93. The van der Waals surface area contributed by atoms with Crippen molar-refractivity contribution in [1.29, 1.82) is 0 Å². The molecule has 2 aromatic carbocycles. The third-order valence-corrected chi connectivity index (χ3v) is 8.37. The van der Waals surface area contributed by atoms with Crippen molar-refractivity contribution in [3.8, 4) is 5.75 Å². The number of fused-ring (bicyclic) bond motifs is 1. The Kier molecular flexibility index (Phi) is 7.16. The molecule has 0 atom stereocenters. The molecule has 0 saturated carbocycles. The first kappa shape index (κ1) is 22.8. The number of anilines is 1. The summed E-state index contributed by atoms with van der Waals surface area (Å²) < 4.78 is 32.8. The molecule has 1 amide bonds. The normalized spacial score (nSPS) is 17.5. The van der Waals surface area contributed by atoms with Crippen LogP contribution in [0.2, 0.25) is 0 Å². The van der Waals surface area contributed by atoms with Crippen LogP contribution in [0.1, 0.15) is 49.7 Å². The minimum Gasteiger partial charge on any atom is -0.497 e. The zero-order chi connectivity index (χ0) is 22.6. The van der Waals surface area contributed by atoms with Crippen molar-refractivity contribution in [2.24, 2.45) is 0 Å². The Balaban J connectivity index is 1.39. The van der Waals surface area contributed by atoms with Gasteiger partial charge in [-0.2, -0.15) is 4.31 Å². The lowest BCUT2D eigenvalue weighted by Crippen LogP contribution is -2.35. The molecule has 32 heavy (non-hydrogen) atoms. The number of aryl methyl sites for hydroxylation is 2. The molecule has 2 aromatic rings. The lowest BCUT2D eigenvalue weighted by molar-refractivity contribution is -0.118. The first-order valence-electron chi connectivity index (χ1n) is 11.6. The molecular formula is C25H32N2O4S. The lowest BCUT2D eigenvalue weighted by atomic mass is 10.0. The molecule has 0 aromatic heterocycles. The Morgan fingerprint density at radius 2 is 1.66 bits per heavy atom. The third-order valence-electron chi connectivity index (χ3n) is 6.46. The van der Waals surface area contributed by atoms with Gasteiger partial charge in [0.05, 0.1) is 12.0 Å². The van der Waals surface area contributed by atoms with E-state index in [0.29, 0.717) is 30.8 Å². The van der Waals surface area contributed by atoms with Gasteiger partial charge < -0.3 is 9.64 Å². The number of methoxy groups -OCH3 is 1. The van der Waals surface area contributed by atoms with E-state index in [1.807, 2.05) is 35.2 Å². The first-order valence-corrected chi connectivity index (χ1v) is 13.0. The Morgan fingerprint density at radius 3 is 2.34 bits per heavy atom. The van der Waals surface area contributed by atoms with Gasteiger partial charge in [-0.3, -0.25) is 4.79 Å². The summed E-state index contributed by atoms with van der Waals surface area (Å²) in [6, 6.07) is 12.9. The van der Waals surface area contributed by atoms with E-state index in [9.17, 15) is 13.2 Å². The second kappa shape index (κ2) is 10.0. The van der Waals surface area contributed by atoms with Gasteiger partial charge in [-0.1, -0.05) is 25.0 Å². The van der Waals surface area contributed by atoms with Gasteiger partial charge in [0.15, 0.2) is 0 Å². The SMILES string of the molecule is COc1ccc2c(c1)CCCN2C(=O)CCc1ccc(S(=O)(=O)N2CCCCCC2)cc1. The van der Waals surface area contributed by atoms with Crippen LogP contribution < -0.4 is 9.64 Å². The topological polar surface area (TPSA) is 66.9 Å². The highest BCUT2D eigenvalue weighted by atomic mass is 32.2. The minimum atomic E-state index is -3.44. The number of carbonyl (C=O) groups excluding carboxylic acids is 1. The Morgan fingerprint density at radius 1 is 0.938 bits per heavy atom. The van der Waals surface area contributed by atoms with Crippen LogP contribution in [0, 0.1) is 0 Å². The van der Waals surface area contributed by atoms with Crippen LogP contribution in [0.15, 0.2) is 47.4 Å². The number of hydrogen-bond acceptors (Lipinski definition) is 4. The van der Waals surface area contributed by atoms with Gasteiger partial charge in [0.1, 0.15) is 5.75 Å². The zero-order valence-corrected chi connectivity index (χ0v) is 19.6. The second-order valence-electron chi connectivity index (χ2n) is 8.61. The Bertz CT molecular complexity index is 1040. The van der Waals surface area contributed by atoms with E-state index < -0.39 is 10.0 Å². The molecule has 2 heterocycles. The Hall–Kier alpha value is -2.38. The quantitative estimate of drug-likeness (QED) is 0.654. The number of nitrogens with zero attached hydrogens (tertiary/aromatic N) is 2. The summed E-state index contributed by atoms with van der Waals surface area (Å²) in [6.07, 6.45) is 6.90. The molecule has 0 bridgehead atoms. The molecule has 0 aliphatic carbocycles. The molecule has 7 heteroatoms.